The van der Waals surface area contributed by atoms with Gasteiger partial charge in [-0.05, 0) is 17.5 Å². The number of pyridine rings is 1. The fourth-order valence-corrected chi connectivity index (χ4v) is 2.13. The van der Waals surface area contributed by atoms with Crippen molar-refractivity contribution in [1.29, 1.82) is 0 Å². The molecule has 2 aromatic rings. The van der Waals surface area contributed by atoms with E-state index in [0.29, 0.717) is 5.82 Å². The van der Waals surface area contributed by atoms with Crippen molar-refractivity contribution < 1.29 is 9.31 Å². The van der Waals surface area contributed by atoms with Gasteiger partial charge >= 0.3 is 0 Å². The Morgan fingerprint density at radius 1 is 1.35 bits per heavy atom. The number of fused-ring (bicyclic) bond motifs is 1. The molecule has 106 valence electrons. The standard InChI is InChI=1S/C14H16FN3O2/c1-14(2,3)9-7-8-11(18(19)20)6-5-10(15)12(8)17-13(9)16-4/h5-7H,1-4H3,(H,16,17). The number of hydrogen-bond acceptors (Lipinski definition) is 4. The minimum Gasteiger partial charge on any atom is -0.373 e. The van der Waals surface area contributed by atoms with Crippen LogP contribution in [0, 0.1) is 15.9 Å². The Balaban J connectivity index is 2.91. The number of halogens is 1. The smallest absolute Gasteiger partial charge is 0.278 e. The summed E-state index contributed by atoms with van der Waals surface area (Å²) in [4.78, 5) is 14.8. The van der Waals surface area contributed by atoms with Gasteiger partial charge in [0.25, 0.3) is 5.69 Å². The minimum atomic E-state index is -0.567. The number of nitro benzene ring substituents is 1. The highest BCUT2D eigenvalue weighted by Crippen LogP contribution is 2.35. The van der Waals surface area contributed by atoms with Crippen molar-refractivity contribution in [3.63, 3.8) is 0 Å². The van der Waals surface area contributed by atoms with Crippen LogP contribution in [-0.2, 0) is 5.41 Å². The molecule has 0 bridgehead atoms. The van der Waals surface area contributed by atoms with Gasteiger partial charge in [0.05, 0.1) is 10.3 Å². The number of nitrogens with zero attached hydrogens (tertiary/aromatic N) is 2. The second kappa shape index (κ2) is 4.70. The first kappa shape index (κ1) is 14.2. The molecule has 5 nitrogen and oxygen atoms in total. The van der Waals surface area contributed by atoms with Crippen molar-refractivity contribution >= 4 is 22.4 Å². The maximum Gasteiger partial charge on any atom is 0.278 e. The monoisotopic (exact) mass is 277 g/mol. The summed E-state index contributed by atoms with van der Waals surface area (Å²) < 4.78 is 13.9. The third-order valence-corrected chi connectivity index (χ3v) is 3.15. The average Bonchev–Trinajstić information content (AvgIpc) is 2.36. The molecule has 1 heterocycles. The summed E-state index contributed by atoms with van der Waals surface area (Å²) in [6.45, 7) is 5.92. The Bertz CT molecular complexity index is 693. The quantitative estimate of drug-likeness (QED) is 0.672. The number of nitrogens with one attached hydrogen (secondary N) is 1. The molecule has 0 aliphatic carbocycles. The van der Waals surface area contributed by atoms with Crippen LogP contribution in [0.5, 0.6) is 0 Å². The molecule has 0 aliphatic heterocycles. The Hall–Kier alpha value is -2.24. The molecular weight excluding hydrogens is 261 g/mol. The molecule has 1 aromatic carbocycles. The van der Waals surface area contributed by atoms with Crippen LogP contribution >= 0.6 is 0 Å². The van der Waals surface area contributed by atoms with E-state index in [1.807, 2.05) is 20.8 Å². The van der Waals surface area contributed by atoms with E-state index in [9.17, 15) is 14.5 Å². The van der Waals surface area contributed by atoms with Gasteiger partial charge in [0.2, 0.25) is 0 Å². The van der Waals surface area contributed by atoms with Gasteiger partial charge in [0.15, 0.2) is 0 Å². The van der Waals surface area contributed by atoms with Gasteiger partial charge in [-0.2, -0.15) is 0 Å². The summed E-state index contributed by atoms with van der Waals surface area (Å²) in [6, 6.07) is 3.89. The van der Waals surface area contributed by atoms with Crippen LogP contribution in [0.15, 0.2) is 18.2 Å². The van der Waals surface area contributed by atoms with Crippen molar-refractivity contribution in [3.05, 3.63) is 39.7 Å². The lowest BCUT2D eigenvalue weighted by atomic mass is 9.86. The van der Waals surface area contributed by atoms with Crippen LogP contribution in [-0.4, -0.2) is 17.0 Å². The predicted octanol–water partition coefficient (Wildman–Crippen LogP) is 3.62. The maximum atomic E-state index is 13.9. The van der Waals surface area contributed by atoms with E-state index in [2.05, 4.69) is 10.3 Å². The van der Waals surface area contributed by atoms with Crippen LogP contribution in [0.4, 0.5) is 15.9 Å². The summed E-state index contributed by atoms with van der Waals surface area (Å²) in [6.07, 6.45) is 0. The number of benzene rings is 1. The molecule has 0 amide bonds. The molecule has 2 rings (SSSR count). The largest absolute Gasteiger partial charge is 0.373 e. The summed E-state index contributed by atoms with van der Waals surface area (Å²) in [5, 5.41) is 14.2. The van der Waals surface area contributed by atoms with E-state index in [1.165, 1.54) is 6.07 Å². The topological polar surface area (TPSA) is 68.1 Å². The number of nitro groups is 1. The first-order valence-electron chi connectivity index (χ1n) is 6.21. The van der Waals surface area contributed by atoms with Gasteiger partial charge in [-0.15, -0.1) is 0 Å². The normalized spacial score (nSPS) is 11.7. The molecule has 0 radical (unpaired) electrons. The molecule has 0 fully saturated rings. The third kappa shape index (κ3) is 2.29. The van der Waals surface area contributed by atoms with Gasteiger partial charge in [-0.1, -0.05) is 20.8 Å². The number of anilines is 1. The highest BCUT2D eigenvalue weighted by atomic mass is 19.1. The van der Waals surface area contributed by atoms with Crippen molar-refractivity contribution in [2.24, 2.45) is 0 Å². The van der Waals surface area contributed by atoms with Gasteiger partial charge in [-0.3, -0.25) is 10.1 Å². The first-order valence-corrected chi connectivity index (χ1v) is 6.21. The molecule has 0 saturated carbocycles. The van der Waals surface area contributed by atoms with Crippen molar-refractivity contribution in [2.75, 3.05) is 12.4 Å². The molecule has 0 atom stereocenters. The zero-order chi connectivity index (χ0) is 15.1. The third-order valence-electron chi connectivity index (χ3n) is 3.15. The van der Waals surface area contributed by atoms with E-state index in [4.69, 9.17) is 0 Å². The lowest BCUT2D eigenvalue weighted by molar-refractivity contribution is -0.383. The lowest BCUT2D eigenvalue weighted by Crippen LogP contribution is -2.15. The SMILES string of the molecule is CNc1nc2c(F)ccc([N+](=O)[O-])c2cc1C(C)(C)C. The summed E-state index contributed by atoms with van der Waals surface area (Å²) in [5.74, 6) is -0.0352. The fraction of sp³-hybridized carbons (Fsp3) is 0.357. The lowest BCUT2D eigenvalue weighted by Gasteiger charge is -2.22. The van der Waals surface area contributed by atoms with Crippen LogP contribution < -0.4 is 5.32 Å². The molecular formula is C14H16FN3O2. The Kier molecular flexibility index (Phi) is 3.33. The molecule has 1 N–H and O–H groups in total. The Morgan fingerprint density at radius 2 is 2.00 bits per heavy atom. The second-order valence-electron chi connectivity index (χ2n) is 5.60. The summed E-state index contributed by atoms with van der Waals surface area (Å²) in [7, 11) is 1.69. The summed E-state index contributed by atoms with van der Waals surface area (Å²) >= 11 is 0. The van der Waals surface area contributed by atoms with Crippen LogP contribution in [0.3, 0.4) is 0 Å². The van der Waals surface area contributed by atoms with Gasteiger partial charge in [0, 0.05) is 18.7 Å². The highest BCUT2D eigenvalue weighted by Gasteiger charge is 2.24. The molecule has 0 unspecified atom stereocenters. The van der Waals surface area contributed by atoms with Crippen molar-refractivity contribution in [3.8, 4) is 0 Å². The zero-order valence-electron chi connectivity index (χ0n) is 11.8. The first-order chi connectivity index (χ1) is 9.25. The molecule has 0 saturated heterocycles. The molecule has 6 heteroatoms. The molecule has 0 aliphatic rings. The summed E-state index contributed by atoms with van der Waals surface area (Å²) in [5.41, 5.74) is 0.416. The van der Waals surface area contributed by atoms with Crippen molar-refractivity contribution in [1.82, 2.24) is 4.98 Å². The van der Waals surface area contributed by atoms with E-state index >= 15 is 0 Å². The van der Waals surface area contributed by atoms with E-state index in [0.717, 1.165) is 11.6 Å². The number of hydrogen-bond donors (Lipinski definition) is 1. The molecule has 20 heavy (non-hydrogen) atoms. The Labute approximate surface area is 116 Å². The van der Waals surface area contributed by atoms with Gasteiger partial charge < -0.3 is 5.32 Å². The zero-order valence-corrected chi connectivity index (χ0v) is 11.8. The minimum absolute atomic E-state index is 0.0107. The van der Waals surface area contributed by atoms with Crippen LogP contribution in [0.1, 0.15) is 26.3 Å². The Morgan fingerprint density at radius 3 is 2.50 bits per heavy atom. The number of aromatic nitrogens is 1. The van der Waals surface area contributed by atoms with E-state index in [1.54, 1.807) is 13.1 Å². The molecule has 1 aromatic heterocycles. The predicted molar refractivity (Wildman–Crippen MR) is 76.6 cm³/mol. The van der Waals surface area contributed by atoms with Crippen LogP contribution in [0.25, 0.3) is 10.9 Å². The number of rotatable bonds is 2. The van der Waals surface area contributed by atoms with E-state index < -0.39 is 10.7 Å². The highest BCUT2D eigenvalue weighted by molar-refractivity contribution is 5.90. The number of non-ortho nitro benzene ring substituents is 1. The van der Waals surface area contributed by atoms with E-state index in [-0.39, 0.29) is 22.0 Å². The fourth-order valence-electron chi connectivity index (χ4n) is 2.13. The van der Waals surface area contributed by atoms with Gasteiger partial charge in [-0.25, -0.2) is 9.37 Å². The van der Waals surface area contributed by atoms with Crippen LogP contribution in [0.2, 0.25) is 0 Å². The average molecular weight is 277 g/mol. The molecule has 0 spiro atoms. The maximum absolute atomic E-state index is 13.9. The van der Waals surface area contributed by atoms with Crippen molar-refractivity contribution in [2.45, 2.75) is 26.2 Å². The van der Waals surface area contributed by atoms with Gasteiger partial charge in [0.1, 0.15) is 17.2 Å². The second-order valence-corrected chi connectivity index (χ2v) is 5.60.